The highest BCUT2D eigenvalue weighted by Crippen LogP contribution is 2.25. The molecule has 0 spiro atoms. The fraction of sp³-hybridized carbons (Fsp3) is 0.188. The molecule has 0 saturated carbocycles. The van der Waals surface area contributed by atoms with E-state index in [0.717, 1.165) is 0 Å². The van der Waals surface area contributed by atoms with Crippen molar-refractivity contribution in [1.82, 2.24) is 4.90 Å². The van der Waals surface area contributed by atoms with E-state index in [0.29, 0.717) is 22.2 Å². The first-order chi connectivity index (χ1) is 9.99. The van der Waals surface area contributed by atoms with E-state index in [1.807, 2.05) is 12.3 Å². The summed E-state index contributed by atoms with van der Waals surface area (Å²) in [5, 5.41) is 3.09. The van der Waals surface area contributed by atoms with Crippen molar-refractivity contribution in [1.29, 1.82) is 0 Å². The van der Waals surface area contributed by atoms with Gasteiger partial charge >= 0.3 is 0 Å². The number of carbonyl (C=O) groups is 1. The second-order valence-electron chi connectivity index (χ2n) is 4.69. The predicted octanol–water partition coefficient (Wildman–Crippen LogP) is 5.04. The summed E-state index contributed by atoms with van der Waals surface area (Å²) in [6, 6.07) is 7.32. The van der Waals surface area contributed by atoms with Crippen LogP contribution in [-0.4, -0.2) is 17.9 Å². The van der Waals surface area contributed by atoms with E-state index in [9.17, 15) is 4.79 Å². The Morgan fingerprint density at radius 1 is 1.29 bits per heavy atom. The highest BCUT2D eigenvalue weighted by atomic mass is 35.5. The Kier molecular flexibility index (Phi) is 5.45. The molecular weight excluding hydrogens is 325 g/mol. The topological polar surface area (TPSA) is 20.3 Å². The number of aryl methyl sites for hydroxylation is 1. The monoisotopic (exact) mass is 339 g/mol. The van der Waals surface area contributed by atoms with Crippen LogP contribution in [0.25, 0.3) is 6.08 Å². The standard InChI is InChI=1S/C16H15Cl2NOS/c1-11-8-9-21-15(11)10-19(2)16(20)7-6-12-13(17)4-3-5-14(12)18/h3-9H,10H2,1-2H3/b7-6+. The quantitative estimate of drug-likeness (QED) is 0.715. The second-order valence-corrected chi connectivity index (χ2v) is 6.50. The lowest BCUT2D eigenvalue weighted by Crippen LogP contribution is -2.23. The Bertz CT molecular complexity index is 658. The molecule has 2 nitrogen and oxygen atoms in total. The lowest BCUT2D eigenvalue weighted by molar-refractivity contribution is -0.125. The molecule has 5 heteroatoms. The van der Waals surface area contributed by atoms with Crippen LogP contribution in [0.4, 0.5) is 0 Å². The molecule has 0 aliphatic heterocycles. The summed E-state index contributed by atoms with van der Waals surface area (Å²) in [5.41, 5.74) is 1.87. The highest BCUT2D eigenvalue weighted by molar-refractivity contribution is 7.10. The van der Waals surface area contributed by atoms with Gasteiger partial charge in [0.15, 0.2) is 0 Å². The minimum atomic E-state index is -0.0845. The minimum Gasteiger partial charge on any atom is -0.337 e. The van der Waals surface area contributed by atoms with Crippen LogP contribution in [-0.2, 0) is 11.3 Å². The fourth-order valence-corrected chi connectivity index (χ4v) is 3.29. The molecule has 2 rings (SSSR count). The predicted molar refractivity (Wildman–Crippen MR) is 91.0 cm³/mol. The number of halogens is 2. The first-order valence-electron chi connectivity index (χ1n) is 6.39. The molecular formula is C16H15Cl2NOS. The number of benzene rings is 1. The smallest absolute Gasteiger partial charge is 0.246 e. The third-order valence-corrected chi connectivity index (χ3v) is 4.78. The SMILES string of the molecule is Cc1ccsc1CN(C)C(=O)/C=C/c1c(Cl)cccc1Cl. The maximum Gasteiger partial charge on any atom is 0.246 e. The molecule has 1 aromatic carbocycles. The fourth-order valence-electron chi connectivity index (χ4n) is 1.81. The number of amides is 1. The number of hydrogen-bond donors (Lipinski definition) is 0. The lowest BCUT2D eigenvalue weighted by Gasteiger charge is -2.14. The summed E-state index contributed by atoms with van der Waals surface area (Å²) in [6.45, 7) is 2.65. The van der Waals surface area contributed by atoms with Gasteiger partial charge in [-0.2, -0.15) is 0 Å². The molecule has 2 aromatic rings. The molecule has 0 bridgehead atoms. The number of rotatable bonds is 4. The Labute approximate surface area is 138 Å². The van der Waals surface area contributed by atoms with E-state index in [1.165, 1.54) is 16.5 Å². The molecule has 0 N–H and O–H groups in total. The van der Waals surface area contributed by atoms with Gasteiger partial charge in [-0.1, -0.05) is 29.3 Å². The number of thiophene rings is 1. The van der Waals surface area contributed by atoms with Crippen molar-refractivity contribution in [2.75, 3.05) is 7.05 Å². The Morgan fingerprint density at radius 2 is 1.95 bits per heavy atom. The van der Waals surface area contributed by atoms with Gasteiger partial charge in [-0.15, -0.1) is 11.3 Å². The second kappa shape index (κ2) is 7.12. The number of likely N-dealkylation sites (N-methyl/N-ethyl adjacent to an activating group) is 1. The zero-order valence-electron chi connectivity index (χ0n) is 11.8. The molecule has 0 aliphatic carbocycles. The summed E-state index contributed by atoms with van der Waals surface area (Å²) in [6.07, 6.45) is 3.15. The van der Waals surface area contributed by atoms with Crippen molar-refractivity contribution in [3.63, 3.8) is 0 Å². The van der Waals surface area contributed by atoms with Crippen LogP contribution >= 0.6 is 34.5 Å². The lowest BCUT2D eigenvalue weighted by atomic mass is 10.2. The van der Waals surface area contributed by atoms with E-state index in [-0.39, 0.29) is 5.91 Å². The molecule has 1 heterocycles. The van der Waals surface area contributed by atoms with Gasteiger partial charge in [0.2, 0.25) is 5.91 Å². The maximum atomic E-state index is 12.1. The van der Waals surface area contributed by atoms with Crippen LogP contribution < -0.4 is 0 Å². The normalized spacial score (nSPS) is 11.0. The Hall–Kier alpha value is -1.29. The van der Waals surface area contributed by atoms with Crippen LogP contribution in [0.1, 0.15) is 16.0 Å². The Morgan fingerprint density at radius 3 is 2.52 bits per heavy atom. The van der Waals surface area contributed by atoms with Crippen LogP contribution in [0, 0.1) is 6.92 Å². The number of hydrogen-bond acceptors (Lipinski definition) is 2. The third kappa shape index (κ3) is 4.10. The first-order valence-corrected chi connectivity index (χ1v) is 8.02. The Balaban J connectivity index is 2.07. The molecule has 1 aromatic heterocycles. The molecule has 0 unspecified atom stereocenters. The molecule has 0 aliphatic rings. The number of carbonyl (C=O) groups excluding carboxylic acids is 1. The van der Waals surface area contributed by atoms with Crippen LogP contribution in [0.15, 0.2) is 35.7 Å². The van der Waals surface area contributed by atoms with E-state index in [2.05, 4.69) is 6.07 Å². The summed E-state index contributed by atoms with van der Waals surface area (Å²) in [7, 11) is 1.78. The van der Waals surface area contributed by atoms with Crippen LogP contribution in [0.2, 0.25) is 10.0 Å². The van der Waals surface area contributed by atoms with Gasteiger partial charge in [-0.05, 0) is 42.1 Å². The summed E-state index contributed by atoms with van der Waals surface area (Å²) >= 11 is 13.8. The van der Waals surface area contributed by atoms with Gasteiger partial charge in [-0.3, -0.25) is 4.79 Å². The average molecular weight is 340 g/mol. The van der Waals surface area contributed by atoms with Crippen LogP contribution in [0.3, 0.4) is 0 Å². The van der Waals surface area contributed by atoms with Gasteiger partial charge in [0.1, 0.15) is 0 Å². The third-order valence-electron chi connectivity index (χ3n) is 3.12. The average Bonchev–Trinajstić information content (AvgIpc) is 2.83. The summed E-state index contributed by atoms with van der Waals surface area (Å²) in [5.74, 6) is -0.0845. The van der Waals surface area contributed by atoms with Crippen molar-refractivity contribution in [3.8, 4) is 0 Å². The molecule has 1 amide bonds. The van der Waals surface area contributed by atoms with Crippen molar-refractivity contribution in [2.45, 2.75) is 13.5 Å². The van der Waals surface area contributed by atoms with Gasteiger partial charge in [0, 0.05) is 33.6 Å². The van der Waals surface area contributed by atoms with Gasteiger partial charge in [-0.25, -0.2) is 0 Å². The molecule has 0 radical (unpaired) electrons. The highest BCUT2D eigenvalue weighted by Gasteiger charge is 2.09. The van der Waals surface area contributed by atoms with Crippen molar-refractivity contribution < 1.29 is 4.79 Å². The number of nitrogens with zero attached hydrogens (tertiary/aromatic N) is 1. The molecule has 0 saturated heterocycles. The largest absolute Gasteiger partial charge is 0.337 e. The van der Waals surface area contributed by atoms with E-state index in [1.54, 1.807) is 47.6 Å². The van der Waals surface area contributed by atoms with E-state index in [4.69, 9.17) is 23.2 Å². The molecule has 0 atom stereocenters. The van der Waals surface area contributed by atoms with Gasteiger partial charge in [0.25, 0.3) is 0 Å². The zero-order chi connectivity index (χ0) is 15.4. The van der Waals surface area contributed by atoms with Gasteiger partial charge in [0.05, 0.1) is 6.54 Å². The van der Waals surface area contributed by atoms with Crippen molar-refractivity contribution in [2.24, 2.45) is 0 Å². The molecule has 21 heavy (non-hydrogen) atoms. The summed E-state index contributed by atoms with van der Waals surface area (Å²) < 4.78 is 0. The van der Waals surface area contributed by atoms with E-state index >= 15 is 0 Å². The first kappa shape index (κ1) is 16.1. The molecule has 110 valence electrons. The zero-order valence-corrected chi connectivity index (χ0v) is 14.1. The molecule has 0 fully saturated rings. The van der Waals surface area contributed by atoms with Crippen molar-refractivity contribution >= 4 is 46.5 Å². The van der Waals surface area contributed by atoms with E-state index < -0.39 is 0 Å². The summed E-state index contributed by atoms with van der Waals surface area (Å²) in [4.78, 5) is 15.0. The minimum absolute atomic E-state index is 0.0845. The van der Waals surface area contributed by atoms with Gasteiger partial charge < -0.3 is 4.90 Å². The van der Waals surface area contributed by atoms with Crippen molar-refractivity contribution in [3.05, 3.63) is 61.8 Å². The maximum absolute atomic E-state index is 12.1. The van der Waals surface area contributed by atoms with Crippen LogP contribution in [0.5, 0.6) is 0 Å².